The summed E-state index contributed by atoms with van der Waals surface area (Å²) in [6.45, 7) is 6.26. The lowest BCUT2D eigenvalue weighted by atomic mass is 10.2. The number of carbonyl (C=O) groups is 1. The van der Waals surface area contributed by atoms with Crippen LogP contribution in [0.2, 0.25) is 0 Å². The number of aliphatic imine (C=N–C) groups is 1. The Kier molecular flexibility index (Phi) is 4.85. The van der Waals surface area contributed by atoms with Crippen molar-refractivity contribution in [2.75, 3.05) is 18.5 Å². The van der Waals surface area contributed by atoms with Crippen LogP contribution in [0.4, 0.5) is 11.4 Å². The molecule has 4 rings (SSSR count). The highest BCUT2D eigenvalue weighted by Crippen LogP contribution is 2.49. The Labute approximate surface area is 167 Å². The number of amides is 1. The monoisotopic (exact) mass is 393 g/mol. The van der Waals surface area contributed by atoms with Gasteiger partial charge in [0.2, 0.25) is 0 Å². The number of hydrogen-bond donors (Lipinski definition) is 0. The van der Waals surface area contributed by atoms with Crippen molar-refractivity contribution in [3.63, 3.8) is 0 Å². The number of rotatable bonds is 3. The zero-order valence-corrected chi connectivity index (χ0v) is 16.8. The summed E-state index contributed by atoms with van der Waals surface area (Å²) in [5, 5.41) is 1.65. The predicted octanol–water partition coefficient (Wildman–Crippen LogP) is 5.16. The van der Waals surface area contributed by atoms with Gasteiger partial charge in [0.15, 0.2) is 5.17 Å². The summed E-state index contributed by atoms with van der Waals surface area (Å²) >= 11 is 3.07. The van der Waals surface area contributed by atoms with Gasteiger partial charge in [-0.05, 0) is 42.4 Å². The van der Waals surface area contributed by atoms with Gasteiger partial charge in [-0.2, -0.15) is 0 Å². The van der Waals surface area contributed by atoms with Crippen molar-refractivity contribution in [2.24, 2.45) is 4.99 Å². The number of fused-ring (bicyclic) bond motifs is 1. The van der Waals surface area contributed by atoms with E-state index in [0.717, 1.165) is 26.9 Å². The topological polar surface area (TPSA) is 35.9 Å². The van der Waals surface area contributed by atoms with Gasteiger partial charge in [0.1, 0.15) is 4.91 Å². The van der Waals surface area contributed by atoms with Gasteiger partial charge >= 0.3 is 0 Å². The van der Waals surface area contributed by atoms with Crippen LogP contribution in [0.3, 0.4) is 0 Å². The maximum Gasteiger partial charge on any atom is 0.269 e. The molecule has 0 spiro atoms. The maximum atomic E-state index is 13.1. The van der Waals surface area contributed by atoms with E-state index in [-0.39, 0.29) is 5.91 Å². The second-order valence-corrected chi connectivity index (χ2v) is 8.26. The zero-order valence-electron chi connectivity index (χ0n) is 15.2. The maximum absolute atomic E-state index is 13.1. The minimum atomic E-state index is -0.0191. The van der Waals surface area contributed by atoms with Crippen molar-refractivity contribution >= 4 is 46.0 Å². The van der Waals surface area contributed by atoms with Gasteiger partial charge in [0, 0.05) is 18.5 Å². The van der Waals surface area contributed by atoms with Gasteiger partial charge in [0.25, 0.3) is 5.91 Å². The summed E-state index contributed by atoms with van der Waals surface area (Å²) in [7, 11) is 2.00. The Morgan fingerprint density at radius 2 is 1.85 bits per heavy atom. The number of anilines is 1. The molecule has 2 aliphatic rings. The standard InChI is InChI=1S/C21H19N3OS2/c1-4-13-24-19(25)18(20-23(3)16-11-7-8-12-17(16)26-20)27-21(24)22-15-10-6-5-9-14(15)2/h4-12H,1,13H2,2-3H3. The fraction of sp³-hybridized carbons (Fsp3) is 0.143. The third kappa shape index (κ3) is 3.19. The van der Waals surface area contributed by atoms with Gasteiger partial charge in [-0.3, -0.25) is 9.69 Å². The number of carbonyl (C=O) groups excluding carboxylic acids is 1. The number of amidine groups is 1. The molecule has 0 N–H and O–H groups in total. The molecule has 1 amide bonds. The van der Waals surface area contributed by atoms with Crippen LogP contribution in [0, 0.1) is 6.92 Å². The van der Waals surface area contributed by atoms with E-state index in [9.17, 15) is 4.79 Å². The van der Waals surface area contributed by atoms with E-state index in [4.69, 9.17) is 4.99 Å². The van der Waals surface area contributed by atoms with Crippen molar-refractivity contribution < 1.29 is 4.79 Å². The minimum Gasteiger partial charge on any atom is -0.337 e. The lowest BCUT2D eigenvalue weighted by Crippen LogP contribution is -2.29. The molecule has 0 radical (unpaired) electrons. The van der Waals surface area contributed by atoms with E-state index >= 15 is 0 Å². The number of hydrogen-bond acceptors (Lipinski definition) is 5. The summed E-state index contributed by atoms with van der Waals surface area (Å²) in [6.07, 6.45) is 1.74. The zero-order chi connectivity index (χ0) is 19.0. The summed E-state index contributed by atoms with van der Waals surface area (Å²) in [4.78, 5) is 23.6. The first-order valence-corrected chi connectivity index (χ1v) is 10.2. The van der Waals surface area contributed by atoms with Gasteiger partial charge in [-0.25, -0.2) is 4.99 Å². The molecule has 0 aromatic heterocycles. The average molecular weight is 394 g/mol. The quantitative estimate of drug-likeness (QED) is 0.533. The Morgan fingerprint density at radius 3 is 2.59 bits per heavy atom. The van der Waals surface area contributed by atoms with Gasteiger partial charge in [0.05, 0.1) is 16.4 Å². The van der Waals surface area contributed by atoms with Gasteiger partial charge < -0.3 is 4.90 Å². The van der Waals surface area contributed by atoms with Crippen molar-refractivity contribution in [2.45, 2.75) is 11.8 Å². The van der Waals surface area contributed by atoms with Crippen molar-refractivity contribution in [1.82, 2.24) is 4.90 Å². The number of para-hydroxylation sites is 2. The van der Waals surface area contributed by atoms with E-state index in [1.807, 2.05) is 50.4 Å². The molecule has 1 fully saturated rings. The molecular weight excluding hydrogens is 374 g/mol. The number of benzene rings is 2. The smallest absolute Gasteiger partial charge is 0.269 e. The molecule has 2 aromatic rings. The van der Waals surface area contributed by atoms with E-state index < -0.39 is 0 Å². The Hall–Kier alpha value is -2.44. The van der Waals surface area contributed by atoms with Crippen LogP contribution in [0.1, 0.15) is 5.56 Å². The normalized spacial score (nSPS) is 20.5. The summed E-state index contributed by atoms with van der Waals surface area (Å²) in [5.41, 5.74) is 3.08. The predicted molar refractivity (Wildman–Crippen MR) is 116 cm³/mol. The summed E-state index contributed by atoms with van der Waals surface area (Å²) in [5.74, 6) is -0.0191. The van der Waals surface area contributed by atoms with Crippen LogP contribution in [-0.4, -0.2) is 29.6 Å². The van der Waals surface area contributed by atoms with Crippen LogP contribution in [0.25, 0.3) is 0 Å². The highest BCUT2D eigenvalue weighted by molar-refractivity contribution is 8.19. The fourth-order valence-electron chi connectivity index (χ4n) is 3.00. The SMILES string of the molecule is C=CCN1C(=O)C(=C2Sc3ccccc3N2C)SC1=Nc1ccccc1C. The molecule has 0 saturated carbocycles. The molecule has 27 heavy (non-hydrogen) atoms. The van der Waals surface area contributed by atoms with Crippen molar-refractivity contribution in [1.29, 1.82) is 0 Å². The highest BCUT2D eigenvalue weighted by Gasteiger charge is 2.38. The third-order valence-corrected chi connectivity index (χ3v) is 6.87. The van der Waals surface area contributed by atoms with Crippen LogP contribution < -0.4 is 4.90 Å². The molecule has 2 aromatic carbocycles. The van der Waals surface area contributed by atoms with Crippen LogP contribution in [0.5, 0.6) is 0 Å². The summed E-state index contributed by atoms with van der Waals surface area (Å²) in [6, 6.07) is 16.1. The lowest BCUT2D eigenvalue weighted by molar-refractivity contribution is -0.121. The van der Waals surface area contributed by atoms with Gasteiger partial charge in [-0.15, -0.1) is 6.58 Å². The minimum absolute atomic E-state index is 0.0191. The van der Waals surface area contributed by atoms with Crippen LogP contribution in [0.15, 0.2) is 81.0 Å². The van der Waals surface area contributed by atoms with E-state index in [2.05, 4.69) is 23.6 Å². The molecule has 0 aliphatic carbocycles. The molecule has 1 saturated heterocycles. The highest BCUT2D eigenvalue weighted by atomic mass is 32.2. The van der Waals surface area contributed by atoms with Crippen molar-refractivity contribution in [3.8, 4) is 0 Å². The van der Waals surface area contributed by atoms with E-state index in [1.54, 1.807) is 22.7 Å². The molecule has 2 heterocycles. The second kappa shape index (κ2) is 7.29. The first-order chi connectivity index (χ1) is 13.1. The molecule has 0 unspecified atom stereocenters. The molecule has 136 valence electrons. The molecular formula is C21H19N3OS2. The molecule has 6 heteroatoms. The van der Waals surface area contributed by atoms with E-state index in [1.165, 1.54) is 11.8 Å². The molecule has 0 atom stereocenters. The van der Waals surface area contributed by atoms with Crippen LogP contribution in [-0.2, 0) is 4.79 Å². The first-order valence-electron chi connectivity index (χ1n) is 8.60. The van der Waals surface area contributed by atoms with Gasteiger partial charge in [-0.1, -0.05) is 48.2 Å². The van der Waals surface area contributed by atoms with Crippen LogP contribution >= 0.6 is 23.5 Å². The Morgan fingerprint density at radius 1 is 1.11 bits per heavy atom. The lowest BCUT2D eigenvalue weighted by Gasteiger charge is -2.15. The average Bonchev–Trinajstić information content (AvgIpc) is 3.16. The number of thioether (sulfide) groups is 2. The van der Waals surface area contributed by atoms with Crippen molar-refractivity contribution in [3.05, 3.63) is 76.7 Å². The molecule has 4 nitrogen and oxygen atoms in total. The fourth-order valence-corrected chi connectivity index (χ4v) is 5.35. The molecule has 2 aliphatic heterocycles. The Balaban J connectivity index is 1.76. The number of aryl methyl sites for hydroxylation is 1. The molecule has 0 bridgehead atoms. The second-order valence-electron chi connectivity index (χ2n) is 6.25. The summed E-state index contributed by atoms with van der Waals surface area (Å²) < 4.78 is 0. The first kappa shape index (κ1) is 17.9. The third-order valence-electron chi connectivity index (χ3n) is 4.44. The largest absolute Gasteiger partial charge is 0.337 e. The Bertz CT molecular complexity index is 996. The van der Waals surface area contributed by atoms with E-state index in [0.29, 0.717) is 16.6 Å². The number of nitrogens with zero attached hydrogens (tertiary/aromatic N) is 3.